The molecule has 0 amide bonds. The van der Waals surface area contributed by atoms with Crippen molar-refractivity contribution in [2.75, 3.05) is 6.61 Å². The van der Waals surface area contributed by atoms with Gasteiger partial charge in [0.25, 0.3) is 0 Å². The maximum atomic E-state index is 12.0. The molecule has 0 saturated carbocycles. The van der Waals surface area contributed by atoms with E-state index < -0.39 is 17.3 Å². The third-order valence-electron chi connectivity index (χ3n) is 3.41. The van der Waals surface area contributed by atoms with Gasteiger partial charge in [-0.1, -0.05) is 18.2 Å². The molecule has 0 spiro atoms. The highest BCUT2D eigenvalue weighted by Gasteiger charge is 2.41. The van der Waals surface area contributed by atoms with E-state index in [1.165, 1.54) is 6.92 Å². The van der Waals surface area contributed by atoms with Crippen LogP contribution >= 0.6 is 0 Å². The first-order valence-corrected chi connectivity index (χ1v) is 6.51. The first-order valence-electron chi connectivity index (χ1n) is 6.51. The maximum absolute atomic E-state index is 12.0. The molecule has 0 aliphatic heterocycles. The summed E-state index contributed by atoms with van der Waals surface area (Å²) in [6.07, 6.45) is 1.89. The lowest BCUT2D eigenvalue weighted by Crippen LogP contribution is -2.56. The summed E-state index contributed by atoms with van der Waals surface area (Å²) in [6, 6.07) is 7.66. The van der Waals surface area contributed by atoms with Gasteiger partial charge in [0.1, 0.15) is 0 Å². The Hall–Kier alpha value is -2.14. The van der Waals surface area contributed by atoms with Gasteiger partial charge in [0.2, 0.25) is 0 Å². The number of aromatic nitrogens is 1. The van der Waals surface area contributed by atoms with Crippen LogP contribution in [0.3, 0.4) is 0 Å². The van der Waals surface area contributed by atoms with Crippen molar-refractivity contribution < 1.29 is 14.3 Å². The number of Topliss-reactive ketones (excluding diaryl/α,β-unsaturated/α-hetero) is 1. The molecule has 0 radical (unpaired) electrons. The summed E-state index contributed by atoms with van der Waals surface area (Å²) in [5, 5.41) is 0.952. The molecule has 5 heteroatoms. The molecule has 0 aliphatic rings. The number of aromatic amines is 1. The van der Waals surface area contributed by atoms with Crippen molar-refractivity contribution >= 4 is 22.7 Å². The first-order chi connectivity index (χ1) is 9.49. The molecule has 2 aromatic rings. The fourth-order valence-electron chi connectivity index (χ4n) is 2.18. The minimum Gasteiger partial charge on any atom is -0.464 e. The highest BCUT2D eigenvalue weighted by molar-refractivity contribution is 6.07. The quantitative estimate of drug-likeness (QED) is 0.640. The van der Waals surface area contributed by atoms with Gasteiger partial charge in [0.15, 0.2) is 11.3 Å². The second kappa shape index (κ2) is 5.46. The van der Waals surface area contributed by atoms with Crippen LogP contribution in [-0.2, 0) is 20.7 Å². The van der Waals surface area contributed by atoms with E-state index in [-0.39, 0.29) is 13.0 Å². The van der Waals surface area contributed by atoms with Gasteiger partial charge >= 0.3 is 5.97 Å². The van der Waals surface area contributed by atoms with Crippen molar-refractivity contribution in [2.24, 2.45) is 5.73 Å². The molecule has 20 heavy (non-hydrogen) atoms. The molecule has 0 bridgehead atoms. The summed E-state index contributed by atoms with van der Waals surface area (Å²) >= 11 is 0. The molecular weight excluding hydrogens is 256 g/mol. The zero-order chi connectivity index (χ0) is 14.8. The third kappa shape index (κ3) is 2.44. The molecule has 1 heterocycles. The fraction of sp³-hybridized carbons (Fsp3) is 0.333. The van der Waals surface area contributed by atoms with Crippen molar-refractivity contribution in [3.05, 3.63) is 36.0 Å². The van der Waals surface area contributed by atoms with Crippen molar-refractivity contribution in [3.63, 3.8) is 0 Å². The van der Waals surface area contributed by atoms with Gasteiger partial charge in [-0.15, -0.1) is 0 Å². The third-order valence-corrected chi connectivity index (χ3v) is 3.41. The Morgan fingerprint density at radius 3 is 2.70 bits per heavy atom. The second-order valence-corrected chi connectivity index (χ2v) is 4.78. The number of ether oxygens (including phenoxy) is 1. The van der Waals surface area contributed by atoms with Crippen LogP contribution in [0.5, 0.6) is 0 Å². The summed E-state index contributed by atoms with van der Waals surface area (Å²) in [5.41, 5.74) is 6.14. The predicted octanol–water partition coefficient (Wildman–Crippen LogP) is 1.56. The number of fused-ring (bicyclic) bond motifs is 1. The predicted molar refractivity (Wildman–Crippen MR) is 76.2 cm³/mol. The van der Waals surface area contributed by atoms with Gasteiger partial charge in [-0.05, 0) is 25.5 Å². The number of rotatable bonds is 5. The summed E-state index contributed by atoms with van der Waals surface area (Å²) in [6.45, 7) is 3.19. The molecule has 1 atom stereocenters. The molecule has 3 N–H and O–H groups in total. The lowest BCUT2D eigenvalue weighted by atomic mass is 9.88. The van der Waals surface area contributed by atoms with Crippen LogP contribution in [0.4, 0.5) is 0 Å². The Bertz CT molecular complexity index is 647. The number of ketones is 1. The van der Waals surface area contributed by atoms with E-state index in [9.17, 15) is 9.59 Å². The van der Waals surface area contributed by atoms with Crippen LogP contribution in [0.2, 0.25) is 0 Å². The fourth-order valence-corrected chi connectivity index (χ4v) is 2.18. The van der Waals surface area contributed by atoms with Gasteiger partial charge in [-0.3, -0.25) is 4.79 Å². The Kier molecular flexibility index (Phi) is 3.90. The van der Waals surface area contributed by atoms with E-state index in [1.807, 2.05) is 24.3 Å². The lowest BCUT2D eigenvalue weighted by Gasteiger charge is -2.23. The molecule has 106 valence electrons. The summed E-state index contributed by atoms with van der Waals surface area (Å²) in [5.74, 6) is -1.08. The minimum absolute atomic E-state index is 0.116. The van der Waals surface area contributed by atoms with Crippen LogP contribution in [0.1, 0.15) is 19.4 Å². The van der Waals surface area contributed by atoms with Gasteiger partial charge in [-0.2, -0.15) is 0 Å². The van der Waals surface area contributed by atoms with Gasteiger partial charge < -0.3 is 15.5 Å². The van der Waals surface area contributed by atoms with Gasteiger partial charge in [0.05, 0.1) is 6.61 Å². The van der Waals surface area contributed by atoms with Crippen LogP contribution in [0, 0.1) is 0 Å². The Morgan fingerprint density at radius 1 is 1.35 bits per heavy atom. The second-order valence-electron chi connectivity index (χ2n) is 4.78. The topological polar surface area (TPSA) is 85.2 Å². The molecule has 0 unspecified atom stereocenters. The molecule has 5 nitrogen and oxygen atoms in total. The summed E-state index contributed by atoms with van der Waals surface area (Å²) < 4.78 is 4.93. The highest BCUT2D eigenvalue weighted by atomic mass is 16.5. The van der Waals surface area contributed by atoms with Crippen molar-refractivity contribution in [1.82, 2.24) is 4.98 Å². The number of nitrogens with two attached hydrogens (primary N) is 1. The van der Waals surface area contributed by atoms with Crippen molar-refractivity contribution in [3.8, 4) is 0 Å². The van der Waals surface area contributed by atoms with E-state index >= 15 is 0 Å². The number of nitrogens with one attached hydrogen (secondary N) is 1. The Morgan fingerprint density at radius 2 is 2.05 bits per heavy atom. The van der Waals surface area contributed by atoms with E-state index in [0.29, 0.717) is 0 Å². The molecule has 0 fully saturated rings. The first kappa shape index (κ1) is 14.3. The lowest BCUT2D eigenvalue weighted by molar-refractivity contribution is -0.153. The number of carbonyl (C=O) groups is 2. The van der Waals surface area contributed by atoms with E-state index in [0.717, 1.165) is 16.5 Å². The van der Waals surface area contributed by atoms with E-state index in [4.69, 9.17) is 10.5 Å². The maximum Gasteiger partial charge on any atom is 0.334 e. The van der Waals surface area contributed by atoms with Crippen LogP contribution in [0.15, 0.2) is 30.5 Å². The molecular formula is C15H18N2O3. The smallest absolute Gasteiger partial charge is 0.334 e. The van der Waals surface area contributed by atoms with Crippen molar-refractivity contribution in [2.45, 2.75) is 25.8 Å². The Labute approximate surface area is 117 Å². The zero-order valence-corrected chi connectivity index (χ0v) is 11.6. The van der Waals surface area contributed by atoms with Gasteiger partial charge in [0, 0.05) is 23.5 Å². The molecule has 0 saturated heterocycles. The standard InChI is InChI=1S/C15H18N2O3/c1-3-20-14(19)15(16,10(2)18)8-11-9-17-13-7-5-4-6-12(11)13/h4-7,9,17H,3,8,16H2,1-2H3/t15-/m1/s1. The van der Waals surface area contributed by atoms with Gasteiger partial charge in [-0.25, -0.2) is 4.79 Å². The van der Waals surface area contributed by atoms with Crippen LogP contribution < -0.4 is 5.73 Å². The van der Waals surface area contributed by atoms with E-state index in [2.05, 4.69) is 4.98 Å². The number of H-pyrrole nitrogens is 1. The van der Waals surface area contributed by atoms with Crippen LogP contribution in [-0.4, -0.2) is 28.9 Å². The average molecular weight is 274 g/mol. The number of esters is 1. The largest absolute Gasteiger partial charge is 0.464 e. The van der Waals surface area contributed by atoms with Crippen molar-refractivity contribution in [1.29, 1.82) is 0 Å². The normalized spacial score (nSPS) is 13.9. The number of hydrogen-bond donors (Lipinski definition) is 2. The Balaban J connectivity index is 2.38. The summed E-state index contributed by atoms with van der Waals surface area (Å²) in [4.78, 5) is 26.9. The number of carbonyl (C=O) groups excluding carboxylic acids is 2. The SMILES string of the molecule is CCOC(=O)[C@@](N)(Cc1c[nH]c2ccccc12)C(C)=O. The molecule has 2 rings (SSSR count). The average Bonchev–Trinajstić information content (AvgIpc) is 2.82. The van der Waals surface area contributed by atoms with E-state index in [1.54, 1.807) is 13.1 Å². The minimum atomic E-state index is -1.64. The number of benzene rings is 1. The highest BCUT2D eigenvalue weighted by Crippen LogP contribution is 2.23. The number of para-hydroxylation sites is 1. The molecule has 0 aliphatic carbocycles. The zero-order valence-electron chi connectivity index (χ0n) is 11.6. The number of hydrogen-bond acceptors (Lipinski definition) is 4. The summed E-state index contributed by atoms with van der Waals surface area (Å²) in [7, 11) is 0. The van der Waals surface area contributed by atoms with Crippen LogP contribution in [0.25, 0.3) is 10.9 Å². The monoisotopic (exact) mass is 274 g/mol. The molecule has 1 aromatic heterocycles. The molecule has 1 aromatic carbocycles.